The molecule has 0 aromatic carbocycles. The topological polar surface area (TPSA) is 3.24 Å². The minimum absolute atomic E-state index is 0.689. The number of piperidine rings is 1. The highest BCUT2D eigenvalue weighted by atomic mass is 15.3. The molecule has 1 aliphatic heterocycles. The lowest BCUT2D eigenvalue weighted by atomic mass is 9.65. The van der Waals surface area contributed by atoms with E-state index >= 15 is 0 Å². The van der Waals surface area contributed by atoms with Crippen molar-refractivity contribution in [3.8, 4) is 0 Å². The van der Waals surface area contributed by atoms with Crippen molar-refractivity contribution in [1.29, 1.82) is 0 Å². The third-order valence-corrected chi connectivity index (χ3v) is 5.21. The van der Waals surface area contributed by atoms with E-state index in [2.05, 4.69) is 18.7 Å². The molecule has 3 rings (SSSR count). The third-order valence-electron chi connectivity index (χ3n) is 5.21. The summed E-state index contributed by atoms with van der Waals surface area (Å²) >= 11 is 0. The van der Waals surface area contributed by atoms with Gasteiger partial charge in [-0.1, -0.05) is 13.8 Å². The first-order valence-corrected chi connectivity index (χ1v) is 6.98. The molecule has 1 spiro atoms. The van der Waals surface area contributed by atoms with E-state index in [-0.39, 0.29) is 0 Å². The molecule has 3 fully saturated rings. The molecule has 2 aliphatic carbocycles. The number of rotatable bonds is 2. The van der Waals surface area contributed by atoms with Gasteiger partial charge in [-0.3, -0.25) is 4.90 Å². The van der Waals surface area contributed by atoms with Gasteiger partial charge in [-0.05, 0) is 63.3 Å². The SMILES string of the molecule is CC(C)[C@@H]1CCN(C2CC2)C2(CCC2)C1. The van der Waals surface area contributed by atoms with Gasteiger partial charge in [0.05, 0.1) is 0 Å². The molecule has 0 radical (unpaired) electrons. The Morgan fingerprint density at radius 3 is 2.33 bits per heavy atom. The molecule has 0 aromatic rings. The summed E-state index contributed by atoms with van der Waals surface area (Å²) in [6.45, 7) is 6.25. The lowest BCUT2D eigenvalue weighted by Crippen LogP contribution is -2.59. The molecule has 0 N–H and O–H groups in total. The Morgan fingerprint density at radius 1 is 1.13 bits per heavy atom. The molecule has 1 saturated heterocycles. The van der Waals surface area contributed by atoms with Crippen molar-refractivity contribution >= 4 is 0 Å². The lowest BCUT2D eigenvalue weighted by molar-refractivity contribution is -0.0517. The highest BCUT2D eigenvalue weighted by Crippen LogP contribution is 2.51. The first-order chi connectivity index (χ1) is 7.21. The van der Waals surface area contributed by atoms with Crippen molar-refractivity contribution < 1.29 is 0 Å². The summed E-state index contributed by atoms with van der Waals surface area (Å²) in [6, 6.07) is 0.999. The largest absolute Gasteiger partial charge is 0.295 e. The van der Waals surface area contributed by atoms with Crippen LogP contribution in [0.25, 0.3) is 0 Å². The monoisotopic (exact) mass is 207 g/mol. The van der Waals surface area contributed by atoms with Gasteiger partial charge in [0.1, 0.15) is 0 Å². The minimum Gasteiger partial charge on any atom is -0.295 e. The Balaban J connectivity index is 1.72. The highest BCUT2D eigenvalue weighted by molar-refractivity contribution is 5.06. The van der Waals surface area contributed by atoms with E-state index < -0.39 is 0 Å². The predicted octanol–water partition coefficient (Wildman–Crippen LogP) is 3.44. The van der Waals surface area contributed by atoms with E-state index in [4.69, 9.17) is 0 Å². The molecule has 1 atom stereocenters. The molecule has 86 valence electrons. The maximum Gasteiger partial charge on any atom is 0.0215 e. The minimum atomic E-state index is 0.689. The third kappa shape index (κ3) is 1.63. The van der Waals surface area contributed by atoms with E-state index in [1.165, 1.54) is 51.5 Å². The highest BCUT2D eigenvalue weighted by Gasteiger charge is 2.51. The van der Waals surface area contributed by atoms with Crippen molar-refractivity contribution in [1.82, 2.24) is 4.90 Å². The van der Waals surface area contributed by atoms with Crippen LogP contribution in [0.4, 0.5) is 0 Å². The van der Waals surface area contributed by atoms with E-state index in [1.54, 1.807) is 0 Å². The van der Waals surface area contributed by atoms with Gasteiger partial charge in [0, 0.05) is 11.6 Å². The molecule has 0 bridgehead atoms. The van der Waals surface area contributed by atoms with Gasteiger partial charge < -0.3 is 0 Å². The summed E-state index contributed by atoms with van der Waals surface area (Å²) < 4.78 is 0. The normalized spacial score (nSPS) is 35.8. The van der Waals surface area contributed by atoms with Crippen LogP contribution in [-0.4, -0.2) is 23.0 Å². The Labute approximate surface area is 94.2 Å². The molecule has 0 unspecified atom stereocenters. The van der Waals surface area contributed by atoms with Gasteiger partial charge in [0.15, 0.2) is 0 Å². The van der Waals surface area contributed by atoms with Gasteiger partial charge in [0.25, 0.3) is 0 Å². The molecule has 2 saturated carbocycles. The number of nitrogens with zero attached hydrogens (tertiary/aromatic N) is 1. The standard InChI is InChI=1S/C14H25N/c1-11(2)12-6-9-15(13-4-5-13)14(10-12)7-3-8-14/h11-13H,3-10H2,1-2H3/t12-/m1/s1. The second-order valence-electron chi connectivity index (χ2n) is 6.50. The molecule has 1 heteroatoms. The van der Waals surface area contributed by atoms with E-state index in [0.29, 0.717) is 5.54 Å². The zero-order valence-corrected chi connectivity index (χ0v) is 10.3. The quantitative estimate of drug-likeness (QED) is 0.670. The van der Waals surface area contributed by atoms with E-state index in [1.807, 2.05) is 0 Å². The fraction of sp³-hybridized carbons (Fsp3) is 1.00. The van der Waals surface area contributed by atoms with Gasteiger partial charge in [-0.2, -0.15) is 0 Å². The van der Waals surface area contributed by atoms with Crippen molar-refractivity contribution in [2.45, 2.75) is 70.4 Å². The lowest BCUT2D eigenvalue weighted by Gasteiger charge is -2.56. The Hall–Kier alpha value is -0.0400. The van der Waals surface area contributed by atoms with Gasteiger partial charge in [-0.25, -0.2) is 0 Å². The van der Waals surface area contributed by atoms with Crippen LogP contribution >= 0.6 is 0 Å². The second-order valence-corrected chi connectivity index (χ2v) is 6.50. The van der Waals surface area contributed by atoms with Crippen LogP contribution in [0, 0.1) is 11.8 Å². The Morgan fingerprint density at radius 2 is 1.87 bits per heavy atom. The van der Waals surface area contributed by atoms with E-state index in [0.717, 1.165) is 17.9 Å². The number of likely N-dealkylation sites (tertiary alicyclic amines) is 1. The summed E-state index contributed by atoms with van der Waals surface area (Å²) in [7, 11) is 0. The fourth-order valence-corrected chi connectivity index (χ4v) is 3.85. The molecule has 1 heterocycles. The molecule has 1 nitrogen and oxygen atoms in total. The average molecular weight is 207 g/mol. The van der Waals surface area contributed by atoms with Crippen LogP contribution in [0.5, 0.6) is 0 Å². The Kier molecular flexibility index (Phi) is 2.35. The van der Waals surface area contributed by atoms with Crippen LogP contribution in [0.2, 0.25) is 0 Å². The summed E-state index contributed by atoms with van der Waals surface area (Å²) in [5.41, 5.74) is 0.689. The van der Waals surface area contributed by atoms with Gasteiger partial charge in [0.2, 0.25) is 0 Å². The van der Waals surface area contributed by atoms with E-state index in [9.17, 15) is 0 Å². The van der Waals surface area contributed by atoms with Gasteiger partial charge in [-0.15, -0.1) is 0 Å². The van der Waals surface area contributed by atoms with Crippen molar-refractivity contribution in [3.05, 3.63) is 0 Å². The summed E-state index contributed by atoms with van der Waals surface area (Å²) in [5, 5.41) is 0. The zero-order chi connectivity index (χ0) is 10.5. The molecular formula is C14H25N. The van der Waals surface area contributed by atoms with Crippen molar-refractivity contribution in [2.75, 3.05) is 6.54 Å². The second kappa shape index (κ2) is 3.48. The first kappa shape index (κ1) is 10.1. The van der Waals surface area contributed by atoms with Crippen LogP contribution in [0.1, 0.15) is 58.8 Å². The fourth-order valence-electron chi connectivity index (χ4n) is 3.85. The molecule has 15 heavy (non-hydrogen) atoms. The van der Waals surface area contributed by atoms with Gasteiger partial charge >= 0.3 is 0 Å². The Bertz CT molecular complexity index is 238. The maximum absolute atomic E-state index is 2.91. The number of hydrogen-bond acceptors (Lipinski definition) is 1. The molecule has 0 amide bonds. The average Bonchev–Trinajstić information content (AvgIpc) is 2.97. The summed E-state index contributed by atoms with van der Waals surface area (Å²) in [5.74, 6) is 1.92. The van der Waals surface area contributed by atoms with Crippen LogP contribution < -0.4 is 0 Å². The molecule has 3 aliphatic rings. The van der Waals surface area contributed by atoms with Crippen LogP contribution in [0.3, 0.4) is 0 Å². The smallest absolute Gasteiger partial charge is 0.0215 e. The summed E-state index contributed by atoms with van der Waals surface area (Å²) in [4.78, 5) is 2.91. The van der Waals surface area contributed by atoms with Crippen molar-refractivity contribution in [2.24, 2.45) is 11.8 Å². The maximum atomic E-state index is 2.91. The van der Waals surface area contributed by atoms with Crippen LogP contribution in [0.15, 0.2) is 0 Å². The molecular weight excluding hydrogens is 182 g/mol. The summed E-state index contributed by atoms with van der Waals surface area (Å²) in [6.07, 6.45) is 10.5. The van der Waals surface area contributed by atoms with Crippen molar-refractivity contribution in [3.63, 3.8) is 0 Å². The number of hydrogen-bond donors (Lipinski definition) is 0. The molecule has 0 aromatic heterocycles. The van der Waals surface area contributed by atoms with Crippen LogP contribution in [-0.2, 0) is 0 Å². The first-order valence-electron chi connectivity index (χ1n) is 6.98. The zero-order valence-electron chi connectivity index (χ0n) is 10.3. The predicted molar refractivity (Wildman–Crippen MR) is 63.9 cm³/mol.